The molecule has 0 aliphatic rings. The monoisotopic (exact) mass is 692 g/mol. The molecule has 262 valence electrons. The number of benzene rings is 5. The van der Waals surface area contributed by atoms with E-state index in [1.165, 1.54) is 0 Å². The van der Waals surface area contributed by atoms with Gasteiger partial charge >= 0.3 is 7.48 Å². The first-order valence-electron chi connectivity index (χ1n) is 18.2. The molecule has 0 bridgehead atoms. The number of aryl methyl sites for hydroxylation is 2. The Balaban J connectivity index is 1.35. The lowest BCUT2D eigenvalue weighted by atomic mass is 9.79. The van der Waals surface area contributed by atoms with Crippen molar-refractivity contribution in [3.8, 4) is 67.0 Å². The molecule has 0 atom stereocenters. The Morgan fingerprint density at radius 3 is 1.26 bits per heavy atom. The lowest BCUT2D eigenvalue weighted by molar-refractivity contribution is -0.0893. The van der Waals surface area contributed by atoms with Crippen LogP contribution in [0.4, 0.5) is 0 Å². The van der Waals surface area contributed by atoms with Crippen molar-refractivity contribution in [2.24, 2.45) is 0 Å². The molecule has 2 aromatic heterocycles. The standard InChI is InChI=1S/C48H45BN2O2/c1-32-25-45(34-17-9-7-10-18-34)50-30-43(32)41-23-15-13-21-39(41)36-27-37(29-38(28-36)49-53-48(5,6)47(3,4)52)40-22-14-16-24-42(40)44-31-51-46(26-33(44)2)35-19-11-8-12-20-35/h7-31,49,52H,1-6H3. The molecule has 4 nitrogen and oxygen atoms in total. The van der Waals surface area contributed by atoms with Gasteiger partial charge in [-0.1, -0.05) is 127 Å². The summed E-state index contributed by atoms with van der Waals surface area (Å²) in [6.07, 6.45) is 4.00. The van der Waals surface area contributed by atoms with Gasteiger partial charge in [0.2, 0.25) is 0 Å². The van der Waals surface area contributed by atoms with E-state index in [0.29, 0.717) is 7.48 Å². The SMILES string of the molecule is Cc1cc(-c2ccccc2)ncc1-c1ccccc1-c1cc(BOC(C)(C)C(C)(C)O)cc(-c2ccccc2-c2cnc(-c3ccccc3)cc2C)c1. The maximum Gasteiger partial charge on any atom is 0.309 e. The lowest BCUT2D eigenvalue weighted by Gasteiger charge is -2.37. The second kappa shape index (κ2) is 14.8. The van der Waals surface area contributed by atoms with Crippen LogP contribution in [0.15, 0.2) is 152 Å². The summed E-state index contributed by atoms with van der Waals surface area (Å²) in [4.78, 5) is 9.82. The van der Waals surface area contributed by atoms with Crippen LogP contribution in [0.3, 0.4) is 0 Å². The third-order valence-corrected chi connectivity index (χ3v) is 10.5. The summed E-state index contributed by atoms with van der Waals surface area (Å²) in [5.41, 5.74) is 14.4. The summed E-state index contributed by atoms with van der Waals surface area (Å²) in [6.45, 7) is 11.8. The number of hydrogen-bond acceptors (Lipinski definition) is 4. The van der Waals surface area contributed by atoms with Crippen molar-refractivity contribution in [2.45, 2.75) is 52.7 Å². The third kappa shape index (κ3) is 7.64. The van der Waals surface area contributed by atoms with E-state index in [4.69, 9.17) is 14.6 Å². The average Bonchev–Trinajstić information content (AvgIpc) is 3.17. The normalized spacial score (nSPS) is 11.8. The number of aromatic nitrogens is 2. The zero-order valence-corrected chi connectivity index (χ0v) is 31.4. The van der Waals surface area contributed by atoms with Crippen molar-refractivity contribution < 1.29 is 9.76 Å². The molecule has 2 heterocycles. The van der Waals surface area contributed by atoms with Crippen molar-refractivity contribution in [1.82, 2.24) is 9.97 Å². The fraction of sp³-hybridized carbons (Fsp3) is 0.167. The largest absolute Gasteiger partial charge is 0.427 e. The second-order valence-electron chi connectivity index (χ2n) is 14.9. The van der Waals surface area contributed by atoms with Crippen LogP contribution in [0, 0.1) is 13.8 Å². The minimum absolute atomic E-state index is 0.334. The predicted molar refractivity (Wildman–Crippen MR) is 222 cm³/mol. The molecule has 5 aromatic carbocycles. The Morgan fingerprint density at radius 1 is 0.472 bits per heavy atom. The van der Waals surface area contributed by atoms with Gasteiger partial charge in [-0.25, -0.2) is 0 Å². The molecule has 0 saturated heterocycles. The van der Waals surface area contributed by atoms with Crippen LogP contribution >= 0.6 is 0 Å². The first-order valence-corrected chi connectivity index (χ1v) is 18.2. The molecule has 0 aliphatic heterocycles. The second-order valence-corrected chi connectivity index (χ2v) is 14.9. The summed E-state index contributed by atoms with van der Waals surface area (Å²) in [6, 6.07) is 48.8. The summed E-state index contributed by atoms with van der Waals surface area (Å²) in [5, 5.41) is 10.9. The number of rotatable bonds is 10. The third-order valence-electron chi connectivity index (χ3n) is 10.5. The zero-order chi connectivity index (χ0) is 37.2. The molecule has 0 aliphatic carbocycles. The van der Waals surface area contributed by atoms with Crippen LogP contribution in [0.5, 0.6) is 0 Å². The fourth-order valence-corrected chi connectivity index (χ4v) is 6.68. The van der Waals surface area contributed by atoms with Gasteiger partial charge in [-0.3, -0.25) is 9.97 Å². The number of hydrogen-bond donors (Lipinski definition) is 1. The van der Waals surface area contributed by atoms with E-state index < -0.39 is 11.2 Å². The van der Waals surface area contributed by atoms with E-state index >= 15 is 0 Å². The molecular weight excluding hydrogens is 647 g/mol. The zero-order valence-electron chi connectivity index (χ0n) is 31.4. The lowest BCUT2D eigenvalue weighted by Crippen LogP contribution is -2.49. The van der Waals surface area contributed by atoms with E-state index in [2.05, 4.69) is 117 Å². The first-order chi connectivity index (χ1) is 25.5. The van der Waals surface area contributed by atoms with Crippen LogP contribution in [0.1, 0.15) is 38.8 Å². The van der Waals surface area contributed by atoms with Gasteiger partial charge in [0.05, 0.1) is 22.6 Å². The minimum atomic E-state index is -1.03. The van der Waals surface area contributed by atoms with Gasteiger partial charge in [0.15, 0.2) is 0 Å². The molecule has 5 heteroatoms. The Morgan fingerprint density at radius 2 is 0.868 bits per heavy atom. The predicted octanol–water partition coefficient (Wildman–Crippen LogP) is 10.6. The van der Waals surface area contributed by atoms with Gasteiger partial charge in [-0.05, 0) is 104 Å². The topological polar surface area (TPSA) is 55.2 Å². The summed E-state index contributed by atoms with van der Waals surface area (Å²) < 4.78 is 6.47. The number of nitrogens with zero attached hydrogens (tertiary/aromatic N) is 2. The van der Waals surface area contributed by atoms with Crippen LogP contribution in [0.25, 0.3) is 67.0 Å². The molecular formula is C48H45BN2O2. The average molecular weight is 693 g/mol. The Bertz CT molecular complexity index is 2230. The smallest absolute Gasteiger partial charge is 0.309 e. The van der Waals surface area contributed by atoms with Crippen molar-refractivity contribution in [3.05, 3.63) is 163 Å². The fourth-order valence-electron chi connectivity index (χ4n) is 6.68. The Hall–Kier alpha value is -5.62. The van der Waals surface area contributed by atoms with Gasteiger partial charge in [-0.2, -0.15) is 0 Å². The number of pyridine rings is 2. The summed E-state index contributed by atoms with van der Waals surface area (Å²) >= 11 is 0. The molecule has 0 saturated carbocycles. The molecule has 7 aromatic rings. The van der Waals surface area contributed by atoms with Gasteiger partial charge < -0.3 is 9.76 Å². The molecule has 0 radical (unpaired) electrons. The number of aliphatic hydroxyl groups is 1. The van der Waals surface area contributed by atoms with Crippen LogP contribution in [-0.4, -0.2) is 33.8 Å². The minimum Gasteiger partial charge on any atom is -0.427 e. The van der Waals surface area contributed by atoms with Gasteiger partial charge in [0, 0.05) is 34.6 Å². The molecule has 0 fully saturated rings. The molecule has 1 N–H and O–H groups in total. The van der Waals surface area contributed by atoms with Crippen LogP contribution < -0.4 is 5.46 Å². The van der Waals surface area contributed by atoms with E-state index in [0.717, 1.165) is 83.6 Å². The van der Waals surface area contributed by atoms with E-state index in [1.54, 1.807) is 13.8 Å². The molecule has 53 heavy (non-hydrogen) atoms. The maximum absolute atomic E-state index is 10.9. The van der Waals surface area contributed by atoms with Gasteiger partial charge in [-0.15, -0.1) is 0 Å². The van der Waals surface area contributed by atoms with E-state index in [9.17, 15) is 5.11 Å². The molecule has 7 rings (SSSR count). The highest BCUT2D eigenvalue weighted by atomic mass is 16.5. The maximum atomic E-state index is 10.9. The highest BCUT2D eigenvalue weighted by Gasteiger charge is 2.35. The van der Waals surface area contributed by atoms with E-state index in [-0.39, 0.29) is 0 Å². The summed E-state index contributed by atoms with van der Waals surface area (Å²) in [7, 11) is 0.334. The Kier molecular flexibility index (Phi) is 9.98. The Labute approximate surface area is 314 Å². The highest BCUT2D eigenvalue weighted by molar-refractivity contribution is 6.47. The quantitative estimate of drug-likeness (QED) is 0.145. The summed E-state index contributed by atoms with van der Waals surface area (Å²) in [5.74, 6) is 0. The first kappa shape index (κ1) is 35.8. The highest BCUT2D eigenvalue weighted by Crippen LogP contribution is 2.39. The molecule has 0 amide bonds. The van der Waals surface area contributed by atoms with Crippen molar-refractivity contribution in [3.63, 3.8) is 0 Å². The van der Waals surface area contributed by atoms with Crippen molar-refractivity contribution in [1.29, 1.82) is 0 Å². The molecule has 0 unspecified atom stereocenters. The molecule has 0 spiro atoms. The van der Waals surface area contributed by atoms with Crippen LogP contribution in [-0.2, 0) is 4.65 Å². The van der Waals surface area contributed by atoms with E-state index in [1.807, 2.05) is 62.6 Å². The van der Waals surface area contributed by atoms with Crippen molar-refractivity contribution >= 4 is 12.9 Å². The van der Waals surface area contributed by atoms with Gasteiger partial charge in [0.25, 0.3) is 0 Å². The van der Waals surface area contributed by atoms with Crippen LogP contribution in [0.2, 0.25) is 0 Å². The van der Waals surface area contributed by atoms with Gasteiger partial charge in [0.1, 0.15) is 0 Å². The van der Waals surface area contributed by atoms with Crippen molar-refractivity contribution in [2.75, 3.05) is 0 Å².